The maximum Gasteiger partial charge on any atom is 0.231 e. The Labute approximate surface area is 177 Å². The zero-order chi connectivity index (χ0) is 20.2. The summed E-state index contributed by atoms with van der Waals surface area (Å²) in [6.45, 7) is 4.04. The molecule has 1 saturated heterocycles. The lowest BCUT2D eigenvalue weighted by molar-refractivity contribution is -0.117. The van der Waals surface area contributed by atoms with Gasteiger partial charge in [0.15, 0.2) is 0 Å². The van der Waals surface area contributed by atoms with Crippen LogP contribution in [0.15, 0.2) is 78.9 Å². The van der Waals surface area contributed by atoms with Crippen molar-refractivity contribution in [3.8, 4) is 0 Å². The molecule has 0 aliphatic carbocycles. The number of anilines is 2. The van der Waals surface area contributed by atoms with Crippen molar-refractivity contribution in [2.24, 2.45) is 0 Å². The third kappa shape index (κ3) is 4.46. The van der Waals surface area contributed by atoms with Gasteiger partial charge in [-0.05, 0) is 53.9 Å². The van der Waals surface area contributed by atoms with E-state index in [2.05, 4.69) is 34.5 Å². The molecule has 1 heterocycles. The van der Waals surface area contributed by atoms with Gasteiger partial charge in [-0.2, -0.15) is 0 Å². The fourth-order valence-corrected chi connectivity index (χ4v) is 4.00. The second-order valence-corrected chi connectivity index (χ2v) is 8.00. The van der Waals surface area contributed by atoms with E-state index in [0.717, 1.165) is 35.8 Å². The molecular weight excluding hydrogens is 380 g/mol. The minimum Gasteiger partial charge on any atom is -0.370 e. The molecule has 148 valence electrons. The van der Waals surface area contributed by atoms with E-state index in [4.69, 9.17) is 11.6 Å². The quantitative estimate of drug-likeness (QED) is 0.540. The first-order valence-corrected chi connectivity index (χ1v) is 10.5. The van der Waals surface area contributed by atoms with Crippen LogP contribution in [0.3, 0.4) is 0 Å². The molecule has 0 bridgehead atoms. The normalized spacial score (nSPS) is 14.9. The Bertz CT molecular complexity index is 948. The summed E-state index contributed by atoms with van der Waals surface area (Å²) >= 11 is 5.98. The second kappa shape index (κ2) is 8.71. The molecule has 0 spiro atoms. The first-order chi connectivity index (χ1) is 14.1. The fraction of sp³-hybridized carbons (Fsp3) is 0.240. The van der Waals surface area contributed by atoms with Gasteiger partial charge in [0.2, 0.25) is 5.91 Å². The molecule has 1 amide bonds. The topological polar surface area (TPSA) is 32.3 Å². The van der Waals surface area contributed by atoms with E-state index >= 15 is 0 Å². The van der Waals surface area contributed by atoms with Gasteiger partial charge in [0, 0.05) is 35.4 Å². The average Bonchev–Trinajstić information content (AvgIpc) is 2.71. The van der Waals surface area contributed by atoms with Crippen molar-refractivity contribution in [2.75, 3.05) is 23.3 Å². The zero-order valence-electron chi connectivity index (χ0n) is 16.5. The molecule has 0 saturated carbocycles. The van der Waals surface area contributed by atoms with E-state index in [1.165, 1.54) is 11.3 Å². The van der Waals surface area contributed by atoms with Gasteiger partial charge in [0.05, 0.1) is 5.92 Å². The number of hydrogen-bond donors (Lipinski definition) is 1. The van der Waals surface area contributed by atoms with E-state index < -0.39 is 0 Å². The monoisotopic (exact) mass is 404 g/mol. The molecule has 0 radical (unpaired) electrons. The molecule has 3 nitrogen and oxygen atoms in total. The first-order valence-electron chi connectivity index (χ1n) is 10.1. The first kappa shape index (κ1) is 19.5. The molecule has 0 aromatic heterocycles. The van der Waals surface area contributed by atoms with Crippen molar-refractivity contribution < 1.29 is 4.79 Å². The number of hydrogen-bond acceptors (Lipinski definition) is 2. The van der Waals surface area contributed by atoms with Gasteiger partial charge in [0.25, 0.3) is 0 Å². The molecule has 1 aliphatic heterocycles. The van der Waals surface area contributed by atoms with Crippen molar-refractivity contribution in [3.05, 3.63) is 95.0 Å². The van der Waals surface area contributed by atoms with Gasteiger partial charge in [-0.25, -0.2) is 0 Å². The highest BCUT2D eigenvalue weighted by Gasteiger charge is 2.28. The largest absolute Gasteiger partial charge is 0.370 e. The molecule has 29 heavy (non-hydrogen) atoms. The van der Waals surface area contributed by atoms with Crippen molar-refractivity contribution in [3.63, 3.8) is 0 Å². The summed E-state index contributed by atoms with van der Waals surface area (Å²) in [4.78, 5) is 15.1. The van der Waals surface area contributed by atoms with E-state index in [-0.39, 0.29) is 11.8 Å². The molecular formula is C25H25ClN2O. The predicted octanol–water partition coefficient (Wildman–Crippen LogP) is 6.08. The summed E-state index contributed by atoms with van der Waals surface area (Å²) in [5, 5.41) is 3.84. The van der Waals surface area contributed by atoms with Crippen LogP contribution in [0.2, 0.25) is 5.02 Å². The zero-order valence-corrected chi connectivity index (χ0v) is 17.3. The third-order valence-electron chi connectivity index (χ3n) is 5.65. The lowest BCUT2D eigenvalue weighted by atomic mass is 9.91. The molecule has 0 unspecified atom stereocenters. The molecule has 1 atom stereocenters. The number of nitrogens with one attached hydrogen (secondary N) is 1. The Balaban J connectivity index is 1.35. The van der Waals surface area contributed by atoms with Gasteiger partial charge in [0.1, 0.15) is 0 Å². The van der Waals surface area contributed by atoms with Crippen LogP contribution in [0.4, 0.5) is 11.4 Å². The summed E-state index contributed by atoms with van der Waals surface area (Å²) < 4.78 is 0. The number of halogens is 1. The number of rotatable bonds is 6. The highest BCUT2D eigenvalue weighted by Crippen LogP contribution is 2.32. The molecule has 3 aromatic carbocycles. The number of amides is 1. The van der Waals surface area contributed by atoms with E-state index in [1.807, 2.05) is 61.5 Å². The van der Waals surface area contributed by atoms with Gasteiger partial charge in [-0.3, -0.25) is 4.79 Å². The predicted molar refractivity (Wildman–Crippen MR) is 121 cm³/mol. The number of carbonyl (C=O) groups excluding carboxylic acids is 1. The SMILES string of the molecule is CC[C@H](C(=O)Nc1ccc(N2CC(c3ccc(Cl)cc3)C2)cc1)c1ccccc1. The lowest BCUT2D eigenvalue weighted by Crippen LogP contribution is -2.45. The Kier molecular flexibility index (Phi) is 5.86. The summed E-state index contributed by atoms with van der Waals surface area (Å²) in [7, 11) is 0. The van der Waals surface area contributed by atoms with Crippen LogP contribution in [0.1, 0.15) is 36.3 Å². The molecule has 1 N–H and O–H groups in total. The van der Waals surface area contributed by atoms with Crippen LogP contribution in [0, 0.1) is 0 Å². The van der Waals surface area contributed by atoms with Crippen molar-refractivity contribution in [2.45, 2.75) is 25.2 Å². The Hall–Kier alpha value is -2.78. The maximum atomic E-state index is 12.7. The number of nitrogens with zero attached hydrogens (tertiary/aromatic N) is 1. The molecule has 4 rings (SSSR count). The van der Waals surface area contributed by atoms with Crippen LogP contribution in [0.5, 0.6) is 0 Å². The lowest BCUT2D eigenvalue weighted by Gasteiger charge is -2.41. The van der Waals surface area contributed by atoms with Crippen LogP contribution in [-0.4, -0.2) is 19.0 Å². The highest BCUT2D eigenvalue weighted by molar-refractivity contribution is 6.30. The summed E-state index contributed by atoms with van der Waals surface area (Å²) in [5.74, 6) is 0.451. The third-order valence-corrected chi connectivity index (χ3v) is 5.90. The van der Waals surface area contributed by atoms with Crippen LogP contribution in [0.25, 0.3) is 0 Å². The van der Waals surface area contributed by atoms with E-state index in [1.54, 1.807) is 0 Å². The molecule has 4 heteroatoms. The molecule has 3 aromatic rings. The summed E-state index contributed by atoms with van der Waals surface area (Å²) in [6, 6.07) is 26.2. The Morgan fingerprint density at radius 3 is 2.28 bits per heavy atom. The summed E-state index contributed by atoms with van der Waals surface area (Å²) in [6.07, 6.45) is 0.772. The summed E-state index contributed by atoms with van der Waals surface area (Å²) in [5.41, 5.74) is 4.41. The van der Waals surface area contributed by atoms with Gasteiger partial charge >= 0.3 is 0 Å². The van der Waals surface area contributed by atoms with Crippen molar-refractivity contribution >= 4 is 28.9 Å². The van der Waals surface area contributed by atoms with Crippen LogP contribution < -0.4 is 10.2 Å². The van der Waals surface area contributed by atoms with Crippen molar-refractivity contribution in [1.29, 1.82) is 0 Å². The van der Waals surface area contributed by atoms with Crippen LogP contribution >= 0.6 is 11.6 Å². The fourth-order valence-electron chi connectivity index (χ4n) is 3.88. The van der Waals surface area contributed by atoms with Gasteiger partial charge in [-0.1, -0.05) is 61.0 Å². The highest BCUT2D eigenvalue weighted by atomic mass is 35.5. The van der Waals surface area contributed by atoms with Gasteiger partial charge in [-0.15, -0.1) is 0 Å². The standard InChI is InChI=1S/C25H25ClN2O/c1-2-24(19-6-4-3-5-7-19)25(29)27-22-12-14-23(15-13-22)28-16-20(17-28)18-8-10-21(26)11-9-18/h3-15,20,24H,2,16-17H2,1H3,(H,27,29)/t24-/m0/s1. The minimum atomic E-state index is -0.133. The average molecular weight is 405 g/mol. The van der Waals surface area contributed by atoms with E-state index in [0.29, 0.717) is 5.92 Å². The Morgan fingerprint density at radius 1 is 1.00 bits per heavy atom. The maximum absolute atomic E-state index is 12.7. The van der Waals surface area contributed by atoms with Crippen LogP contribution in [-0.2, 0) is 4.79 Å². The van der Waals surface area contributed by atoms with E-state index in [9.17, 15) is 4.79 Å². The molecule has 1 aliphatic rings. The van der Waals surface area contributed by atoms with Gasteiger partial charge < -0.3 is 10.2 Å². The van der Waals surface area contributed by atoms with Crippen molar-refractivity contribution in [1.82, 2.24) is 0 Å². The smallest absolute Gasteiger partial charge is 0.231 e. The minimum absolute atomic E-state index is 0.0400. The molecule has 1 fully saturated rings. The Morgan fingerprint density at radius 2 is 1.66 bits per heavy atom. The number of benzene rings is 3. The number of carbonyl (C=O) groups is 1. The second-order valence-electron chi connectivity index (χ2n) is 7.56.